The van der Waals surface area contributed by atoms with Crippen LogP contribution in [0.4, 0.5) is 8.78 Å². The zero-order chi connectivity index (χ0) is 12.5. The summed E-state index contributed by atoms with van der Waals surface area (Å²) in [5.41, 5.74) is 1.84. The Morgan fingerprint density at radius 2 is 1.94 bits per heavy atom. The molecule has 0 spiro atoms. The third-order valence-corrected chi connectivity index (χ3v) is 3.83. The van der Waals surface area contributed by atoms with E-state index >= 15 is 0 Å². The Morgan fingerprint density at radius 3 is 2.56 bits per heavy atom. The highest BCUT2D eigenvalue weighted by atomic mass is 32.1. The Labute approximate surface area is 107 Å². The van der Waals surface area contributed by atoms with Gasteiger partial charge in [-0.2, -0.15) is 8.78 Å². The van der Waals surface area contributed by atoms with E-state index in [1.165, 1.54) is 30.0 Å². The van der Waals surface area contributed by atoms with E-state index in [1.54, 1.807) is 23.5 Å². The van der Waals surface area contributed by atoms with Crippen molar-refractivity contribution in [3.05, 3.63) is 34.7 Å². The van der Waals surface area contributed by atoms with Crippen LogP contribution in [-0.2, 0) is 0 Å². The smallest absolute Gasteiger partial charge is 0.387 e. The molecule has 1 fully saturated rings. The summed E-state index contributed by atoms with van der Waals surface area (Å²) in [6.45, 7) is -2.78. The zero-order valence-corrected chi connectivity index (χ0v) is 10.3. The van der Waals surface area contributed by atoms with Crippen molar-refractivity contribution in [1.29, 1.82) is 0 Å². The average Bonchev–Trinajstić information content (AvgIpc) is 3.08. The monoisotopic (exact) mass is 267 g/mol. The molecule has 18 heavy (non-hydrogen) atoms. The van der Waals surface area contributed by atoms with Crippen LogP contribution in [0, 0.1) is 0 Å². The van der Waals surface area contributed by atoms with Crippen LogP contribution < -0.4 is 4.74 Å². The molecule has 1 aromatic heterocycles. The van der Waals surface area contributed by atoms with Gasteiger partial charge in [-0.3, -0.25) is 0 Å². The molecule has 1 saturated carbocycles. The summed E-state index contributed by atoms with van der Waals surface area (Å²) in [6.07, 6.45) is 2.46. The third kappa shape index (κ3) is 2.51. The molecule has 2 nitrogen and oxygen atoms in total. The molecule has 1 heterocycles. The summed E-state index contributed by atoms with van der Waals surface area (Å²) < 4.78 is 28.3. The molecule has 5 heteroatoms. The van der Waals surface area contributed by atoms with E-state index in [2.05, 4.69) is 9.72 Å². The fourth-order valence-corrected chi connectivity index (χ4v) is 2.75. The maximum atomic E-state index is 12.0. The number of thiazole rings is 1. The van der Waals surface area contributed by atoms with Gasteiger partial charge in [-0.05, 0) is 37.1 Å². The van der Waals surface area contributed by atoms with Gasteiger partial charge in [0.05, 0.1) is 10.7 Å². The number of aromatic nitrogens is 1. The number of hydrogen-bond donors (Lipinski definition) is 0. The molecule has 2 aromatic rings. The molecule has 0 N–H and O–H groups in total. The quantitative estimate of drug-likeness (QED) is 0.824. The van der Waals surface area contributed by atoms with Crippen LogP contribution in [0.25, 0.3) is 11.3 Å². The standard InChI is InChI=1S/C13H11F2NOS/c14-13(15)17-10-5-3-8(4-6-10)11-7-18-12(16-11)9-1-2-9/h3-7,9,13H,1-2H2. The van der Waals surface area contributed by atoms with Gasteiger partial charge in [-0.1, -0.05) is 0 Å². The number of ether oxygens (including phenoxy) is 1. The van der Waals surface area contributed by atoms with Crippen molar-refractivity contribution in [1.82, 2.24) is 4.98 Å². The average molecular weight is 267 g/mol. The predicted octanol–water partition coefficient (Wildman–Crippen LogP) is 4.29. The van der Waals surface area contributed by atoms with E-state index in [0.717, 1.165) is 11.3 Å². The van der Waals surface area contributed by atoms with Gasteiger partial charge in [0.2, 0.25) is 0 Å². The molecule has 0 atom stereocenters. The van der Waals surface area contributed by atoms with Gasteiger partial charge in [0.15, 0.2) is 0 Å². The maximum absolute atomic E-state index is 12.0. The highest BCUT2D eigenvalue weighted by Crippen LogP contribution is 2.42. The summed E-state index contributed by atoms with van der Waals surface area (Å²) in [4.78, 5) is 4.56. The lowest BCUT2D eigenvalue weighted by Crippen LogP contribution is -2.01. The van der Waals surface area contributed by atoms with Gasteiger partial charge in [0.1, 0.15) is 5.75 Å². The van der Waals surface area contributed by atoms with Gasteiger partial charge in [-0.25, -0.2) is 4.98 Å². The fourth-order valence-electron chi connectivity index (χ4n) is 1.75. The summed E-state index contributed by atoms with van der Waals surface area (Å²) in [6, 6.07) is 6.59. The molecule has 1 aliphatic rings. The minimum atomic E-state index is -2.78. The number of halogens is 2. The molecule has 0 aliphatic heterocycles. The van der Waals surface area contributed by atoms with E-state index in [-0.39, 0.29) is 5.75 Å². The Hall–Kier alpha value is -1.49. The van der Waals surface area contributed by atoms with Crippen LogP contribution in [0.15, 0.2) is 29.6 Å². The summed E-state index contributed by atoms with van der Waals surface area (Å²) in [7, 11) is 0. The molecule has 94 valence electrons. The summed E-state index contributed by atoms with van der Waals surface area (Å²) >= 11 is 1.67. The molecule has 3 rings (SSSR count). The third-order valence-electron chi connectivity index (χ3n) is 2.82. The van der Waals surface area contributed by atoms with E-state index in [4.69, 9.17) is 0 Å². The first-order chi connectivity index (χ1) is 8.72. The Kier molecular flexibility index (Phi) is 2.99. The minimum Gasteiger partial charge on any atom is -0.435 e. The topological polar surface area (TPSA) is 22.1 Å². The molecule has 0 unspecified atom stereocenters. The highest BCUT2D eigenvalue weighted by Gasteiger charge is 2.26. The first kappa shape index (κ1) is 11.6. The number of rotatable bonds is 4. The van der Waals surface area contributed by atoms with Crippen LogP contribution in [0.3, 0.4) is 0 Å². The first-order valence-electron chi connectivity index (χ1n) is 5.73. The van der Waals surface area contributed by atoms with E-state index in [9.17, 15) is 8.78 Å². The largest absolute Gasteiger partial charge is 0.435 e. The number of nitrogens with zero attached hydrogens (tertiary/aromatic N) is 1. The molecule has 0 saturated heterocycles. The van der Waals surface area contributed by atoms with Gasteiger partial charge < -0.3 is 4.74 Å². The van der Waals surface area contributed by atoms with Crippen molar-refractivity contribution in [2.75, 3.05) is 0 Å². The second kappa shape index (κ2) is 4.65. The highest BCUT2D eigenvalue weighted by molar-refractivity contribution is 7.10. The predicted molar refractivity (Wildman–Crippen MR) is 66.2 cm³/mol. The SMILES string of the molecule is FC(F)Oc1ccc(-c2csc(C3CC3)n2)cc1. The van der Waals surface area contributed by atoms with Crippen LogP contribution in [0.5, 0.6) is 5.75 Å². The summed E-state index contributed by atoms with van der Waals surface area (Å²) in [5.74, 6) is 0.816. The normalized spacial score (nSPS) is 15.1. The molecular formula is C13H11F2NOS. The van der Waals surface area contributed by atoms with Crippen molar-refractivity contribution in [2.24, 2.45) is 0 Å². The molecule has 1 aliphatic carbocycles. The van der Waals surface area contributed by atoms with Crippen molar-refractivity contribution in [2.45, 2.75) is 25.4 Å². The zero-order valence-electron chi connectivity index (χ0n) is 9.48. The van der Waals surface area contributed by atoms with Gasteiger partial charge in [0, 0.05) is 16.9 Å². The lowest BCUT2D eigenvalue weighted by Gasteiger charge is -2.04. The Balaban J connectivity index is 1.78. The van der Waals surface area contributed by atoms with E-state index in [0.29, 0.717) is 5.92 Å². The maximum Gasteiger partial charge on any atom is 0.387 e. The fraction of sp³-hybridized carbons (Fsp3) is 0.308. The lowest BCUT2D eigenvalue weighted by molar-refractivity contribution is -0.0498. The number of benzene rings is 1. The Morgan fingerprint density at radius 1 is 1.22 bits per heavy atom. The number of alkyl halides is 2. The Bertz CT molecular complexity index is 534. The van der Waals surface area contributed by atoms with E-state index < -0.39 is 6.61 Å². The molecular weight excluding hydrogens is 256 g/mol. The van der Waals surface area contributed by atoms with Crippen LogP contribution >= 0.6 is 11.3 Å². The lowest BCUT2D eigenvalue weighted by atomic mass is 10.2. The van der Waals surface area contributed by atoms with Gasteiger partial charge in [0.25, 0.3) is 0 Å². The van der Waals surface area contributed by atoms with Crippen molar-refractivity contribution in [3.8, 4) is 17.0 Å². The first-order valence-corrected chi connectivity index (χ1v) is 6.61. The van der Waals surface area contributed by atoms with Gasteiger partial charge >= 0.3 is 6.61 Å². The van der Waals surface area contributed by atoms with Crippen molar-refractivity contribution in [3.63, 3.8) is 0 Å². The minimum absolute atomic E-state index is 0.173. The number of hydrogen-bond acceptors (Lipinski definition) is 3. The molecule has 0 radical (unpaired) electrons. The second-order valence-corrected chi connectivity index (χ2v) is 5.14. The van der Waals surface area contributed by atoms with Gasteiger partial charge in [-0.15, -0.1) is 11.3 Å². The second-order valence-electron chi connectivity index (χ2n) is 4.25. The van der Waals surface area contributed by atoms with Crippen molar-refractivity contribution < 1.29 is 13.5 Å². The van der Waals surface area contributed by atoms with E-state index in [1.807, 2.05) is 5.38 Å². The molecule has 0 bridgehead atoms. The van der Waals surface area contributed by atoms with Crippen LogP contribution in [-0.4, -0.2) is 11.6 Å². The van der Waals surface area contributed by atoms with Crippen LogP contribution in [0.1, 0.15) is 23.8 Å². The molecule has 1 aromatic carbocycles. The molecule has 0 amide bonds. The summed E-state index contributed by atoms with van der Waals surface area (Å²) in [5, 5.41) is 3.19. The van der Waals surface area contributed by atoms with Crippen LogP contribution in [0.2, 0.25) is 0 Å². The van der Waals surface area contributed by atoms with Crippen molar-refractivity contribution >= 4 is 11.3 Å².